The molecule has 2 aliphatic rings. The lowest BCUT2D eigenvalue weighted by Crippen LogP contribution is -2.40. The summed E-state index contributed by atoms with van der Waals surface area (Å²) in [7, 11) is 0. The molecule has 2 aromatic rings. The lowest BCUT2D eigenvalue weighted by molar-refractivity contribution is -0.384. The molecule has 0 radical (unpaired) electrons. The standard InChI is InChI=1S/C20H19N3O5/c1-2-6-16-17-18(28-22(16)14-7-4-3-5-8-14)20(25)21(19(17)24)13-9-11-15(12-10-13)23(26)27/h3-5,7-12,16-18H,2,6H2,1H3. The van der Waals surface area contributed by atoms with E-state index < -0.39 is 22.9 Å². The van der Waals surface area contributed by atoms with Crippen LogP contribution in [-0.2, 0) is 14.4 Å². The highest BCUT2D eigenvalue weighted by Crippen LogP contribution is 2.41. The predicted molar refractivity (Wildman–Crippen MR) is 102 cm³/mol. The first-order valence-corrected chi connectivity index (χ1v) is 9.16. The summed E-state index contributed by atoms with van der Waals surface area (Å²) in [4.78, 5) is 43.5. The molecule has 28 heavy (non-hydrogen) atoms. The largest absolute Gasteiger partial charge is 0.273 e. The summed E-state index contributed by atoms with van der Waals surface area (Å²) >= 11 is 0. The van der Waals surface area contributed by atoms with Gasteiger partial charge in [-0.1, -0.05) is 31.5 Å². The van der Waals surface area contributed by atoms with Crippen molar-refractivity contribution in [3.05, 3.63) is 64.7 Å². The number of non-ortho nitro benzene ring substituents is 1. The van der Waals surface area contributed by atoms with Crippen LogP contribution in [0.4, 0.5) is 17.1 Å². The van der Waals surface area contributed by atoms with Crippen molar-refractivity contribution in [1.82, 2.24) is 0 Å². The zero-order valence-corrected chi connectivity index (χ0v) is 15.2. The van der Waals surface area contributed by atoms with Gasteiger partial charge in [0.05, 0.1) is 28.3 Å². The highest BCUT2D eigenvalue weighted by Gasteiger charge is 2.59. The molecule has 0 saturated carbocycles. The molecule has 3 atom stereocenters. The van der Waals surface area contributed by atoms with E-state index in [0.717, 1.165) is 17.0 Å². The van der Waals surface area contributed by atoms with Crippen LogP contribution in [0, 0.1) is 16.0 Å². The Labute approximate surface area is 161 Å². The van der Waals surface area contributed by atoms with Gasteiger partial charge in [-0.05, 0) is 30.7 Å². The Kier molecular flexibility index (Phi) is 4.56. The minimum atomic E-state index is -0.889. The van der Waals surface area contributed by atoms with Crippen molar-refractivity contribution in [2.24, 2.45) is 5.92 Å². The summed E-state index contributed by atoms with van der Waals surface area (Å²) in [6.45, 7) is 2.02. The number of hydrogen-bond donors (Lipinski definition) is 0. The molecule has 0 N–H and O–H groups in total. The number of fused-ring (bicyclic) bond motifs is 1. The SMILES string of the molecule is CCCC1C2C(=O)N(c3ccc([N+](=O)[O-])cc3)C(=O)C2ON1c1ccccc1. The Morgan fingerprint density at radius 2 is 1.68 bits per heavy atom. The van der Waals surface area contributed by atoms with Crippen LogP contribution in [-0.4, -0.2) is 28.9 Å². The van der Waals surface area contributed by atoms with Crippen LogP contribution in [0.5, 0.6) is 0 Å². The van der Waals surface area contributed by atoms with Gasteiger partial charge in [-0.25, -0.2) is 9.96 Å². The zero-order chi connectivity index (χ0) is 19.8. The fourth-order valence-electron chi connectivity index (χ4n) is 3.89. The first-order chi connectivity index (χ1) is 13.5. The van der Waals surface area contributed by atoms with E-state index in [2.05, 4.69) is 0 Å². The molecule has 2 amide bonds. The van der Waals surface area contributed by atoms with Gasteiger partial charge >= 0.3 is 0 Å². The van der Waals surface area contributed by atoms with E-state index in [1.54, 1.807) is 5.06 Å². The van der Waals surface area contributed by atoms with Crippen LogP contribution >= 0.6 is 0 Å². The summed E-state index contributed by atoms with van der Waals surface area (Å²) in [6, 6.07) is 14.6. The fourth-order valence-corrected chi connectivity index (χ4v) is 3.89. The molecule has 2 fully saturated rings. The molecule has 0 spiro atoms. The molecule has 4 rings (SSSR count). The van der Waals surface area contributed by atoms with Crippen molar-refractivity contribution in [3.63, 3.8) is 0 Å². The molecule has 2 saturated heterocycles. The maximum Gasteiger partial charge on any atom is 0.269 e. The van der Waals surface area contributed by atoms with E-state index in [4.69, 9.17) is 4.84 Å². The van der Waals surface area contributed by atoms with Crippen molar-refractivity contribution in [1.29, 1.82) is 0 Å². The minimum Gasteiger partial charge on any atom is -0.273 e. The van der Waals surface area contributed by atoms with E-state index in [1.807, 2.05) is 37.3 Å². The lowest BCUT2D eigenvalue weighted by atomic mass is 9.93. The lowest BCUT2D eigenvalue weighted by Gasteiger charge is -2.28. The van der Waals surface area contributed by atoms with Gasteiger partial charge in [0.1, 0.15) is 0 Å². The third-order valence-corrected chi connectivity index (χ3v) is 5.15. The number of anilines is 2. The number of imide groups is 1. The molecule has 2 aromatic carbocycles. The molecule has 144 valence electrons. The minimum absolute atomic E-state index is 0.0987. The second-order valence-electron chi connectivity index (χ2n) is 6.85. The number of benzene rings is 2. The van der Waals surface area contributed by atoms with Crippen molar-refractivity contribution in [2.75, 3.05) is 9.96 Å². The number of nitro groups is 1. The summed E-state index contributed by atoms with van der Waals surface area (Å²) in [5, 5.41) is 12.5. The second-order valence-corrected chi connectivity index (χ2v) is 6.85. The molecule has 0 aliphatic carbocycles. The number of hydrogen-bond acceptors (Lipinski definition) is 6. The van der Waals surface area contributed by atoms with Crippen LogP contribution in [0.1, 0.15) is 19.8 Å². The summed E-state index contributed by atoms with van der Waals surface area (Å²) in [5.74, 6) is -1.38. The van der Waals surface area contributed by atoms with Gasteiger partial charge in [-0.3, -0.25) is 24.5 Å². The number of hydroxylamine groups is 1. The quantitative estimate of drug-likeness (QED) is 0.449. The average Bonchev–Trinajstić information content (AvgIpc) is 3.19. The summed E-state index contributed by atoms with van der Waals surface area (Å²) in [6.07, 6.45) is 0.641. The Morgan fingerprint density at radius 3 is 2.29 bits per heavy atom. The van der Waals surface area contributed by atoms with Crippen LogP contribution in [0.2, 0.25) is 0 Å². The number of nitrogens with zero attached hydrogens (tertiary/aromatic N) is 3. The number of amides is 2. The number of para-hydroxylation sites is 1. The summed E-state index contributed by atoms with van der Waals surface area (Å²) < 4.78 is 0. The van der Waals surface area contributed by atoms with E-state index in [9.17, 15) is 19.7 Å². The fraction of sp³-hybridized carbons (Fsp3) is 0.300. The third kappa shape index (κ3) is 2.82. The molecule has 3 unspecified atom stereocenters. The van der Waals surface area contributed by atoms with E-state index in [-0.39, 0.29) is 17.6 Å². The van der Waals surface area contributed by atoms with Gasteiger partial charge in [0.2, 0.25) is 5.91 Å². The first kappa shape index (κ1) is 18.1. The molecule has 0 bridgehead atoms. The van der Waals surface area contributed by atoms with Crippen LogP contribution < -0.4 is 9.96 Å². The second kappa shape index (κ2) is 7.05. The Morgan fingerprint density at radius 1 is 1.00 bits per heavy atom. The van der Waals surface area contributed by atoms with Gasteiger partial charge in [-0.2, -0.15) is 0 Å². The zero-order valence-electron chi connectivity index (χ0n) is 15.2. The smallest absolute Gasteiger partial charge is 0.269 e. The Hall–Kier alpha value is -3.26. The van der Waals surface area contributed by atoms with Gasteiger partial charge in [0.15, 0.2) is 6.10 Å². The average molecular weight is 381 g/mol. The van der Waals surface area contributed by atoms with Gasteiger partial charge in [0, 0.05) is 12.1 Å². The van der Waals surface area contributed by atoms with Crippen LogP contribution in [0.3, 0.4) is 0 Å². The molecule has 2 aliphatic heterocycles. The van der Waals surface area contributed by atoms with Crippen LogP contribution in [0.25, 0.3) is 0 Å². The number of carbonyl (C=O) groups excluding carboxylic acids is 2. The van der Waals surface area contributed by atoms with Crippen LogP contribution in [0.15, 0.2) is 54.6 Å². The molecule has 8 heteroatoms. The van der Waals surface area contributed by atoms with E-state index in [0.29, 0.717) is 12.1 Å². The number of carbonyl (C=O) groups is 2. The number of nitro benzene ring substituents is 1. The summed E-state index contributed by atoms with van der Waals surface area (Å²) in [5.41, 5.74) is 1.02. The number of rotatable bonds is 5. The predicted octanol–water partition coefficient (Wildman–Crippen LogP) is 3.07. The maximum absolute atomic E-state index is 13.1. The topological polar surface area (TPSA) is 93.0 Å². The monoisotopic (exact) mass is 381 g/mol. The molecule has 0 aromatic heterocycles. The van der Waals surface area contributed by atoms with Gasteiger partial charge in [-0.15, -0.1) is 0 Å². The molecular formula is C20H19N3O5. The molecule has 2 heterocycles. The maximum atomic E-state index is 13.1. The van der Waals surface area contributed by atoms with E-state index in [1.165, 1.54) is 24.3 Å². The highest BCUT2D eigenvalue weighted by atomic mass is 16.7. The van der Waals surface area contributed by atoms with Crippen molar-refractivity contribution in [2.45, 2.75) is 31.9 Å². The first-order valence-electron chi connectivity index (χ1n) is 9.16. The van der Waals surface area contributed by atoms with Gasteiger partial charge < -0.3 is 0 Å². The Balaban J connectivity index is 1.65. The molecular weight excluding hydrogens is 362 g/mol. The van der Waals surface area contributed by atoms with Crippen molar-refractivity contribution >= 4 is 28.9 Å². The highest BCUT2D eigenvalue weighted by molar-refractivity contribution is 6.23. The third-order valence-electron chi connectivity index (χ3n) is 5.15. The normalized spacial score (nSPS) is 24.0. The Bertz CT molecular complexity index is 915. The van der Waals surface area contributed by atoms with E-state index >= 15 is 0 Å². The van der Waals surface area contributed by atoms with Crippen molar-refractivity contribution in [3.8, 4) is 0 Å². The molecule has 8 nitrogen and oxygen atoms in total. The van der Waals surface area contributed by atoms with Gasteiger partial charge in [0.25, 0.3) is 11.6 Å². The van der Waals surface area contributed by atoms with Crippen molar-refractivity contribution < 1.29 is 19.3 Å².